The Kier molecular flexibility index (Phi) is 5.00. The van der Waals surface area contributed by atoms with E-state index in [2.05, 4.69) is 22.3 Å². The normalized spacial score (nSPS) is 11.9. The Hall–Kier alpha value is -3.21. The summed E-state index contributed by atoms with van der Waals surface area (Å²) in [6.07, 6.45) is 1.64. The maximum Gasteiger partial charge on any atom is 0.257 e. The summed E-state index contributed by atoms with van der Waals surface area (Å²) in [5.41, 5.74) is 4.01. The Bertz CT molecular complexity index is 1510. The molecule has 0 aliphatic rings. The largest absolute Gasteiger partial charge is 0.329 e. The summed E-state index contributed by atoms with van der Waals surface area (Å²) in [5.74, 6) is 1.28. The van der Waals surface area contributed by atoms with Crippen LogP contribution in [-0.4, -0.2) is 40.0 Å². The number of anilines is 2. The van der Waals surface area contributed by atoms with Crippen molar-refractivity contribution in [2.45, 2.75) is 0 Å². The van der Waals surface area contributed by atoms with Crippen LogP contribution in [0.25, 0.3) is 27.8 Å². The van der Waals surface area contributed by atoms with Gasteiger partial charge in [0.15, 0.2) is 0 Å². The van der Waals surface area contributed by atoms with Crippen LogP contribution in [0, 0.1) is 0 Å². The average molecular weight is 462 g/mol. The predicted molar refractivity (Wildman–Crippen MR) is 132 cm³/mol. The lowest BCUT2D eigenvalue weighted by atomic mass is 10.0. The Morgan fingerprint density at radius 2 is 1.75 bits per heavy atom. The predicted octanol–water partition coefficient (Wildman–Crippen LogP) is 5.61. The number of hydrogen-bond acceptors (Lipinski definition) is 5. The zero-order chi connectivity index (χ0) is 22.5. The second kappa shape index (κ2) is 7.73. The van der Waals surface area contributed by atoms with Crippen molar-refractivity contribution >= 4 is 52.2 Å². The number of halogens is 1. The fraction of sp³-hybridized carbons (Fsp3) is 0.125. The molecule has 0 N–H and O–H groups in total. The minimum atomic E-state index is -2.28. The van der Waals surface area contributed by atoms with Crippen molar-refractivity contribution in [3.05, 3.63) is 78.1 Å². The first-order valence-corrected chi connectivity index (χ1v) is 13.1. The van der Waals surface area contributed by atoms with Gasteiger partial charge in [0.25, 0.3) is 5.78 Å². The molecule has 0 aliphatic carbocycles. The van der Waals surface area contributed by atoms with E-state index in [1.807, 2.05) is 70.9 Å². The van der Waals surface area contributed by atoms with E-state index < -0.39 is 7.14 Å². The van der Waals surface area contributed by atoms with Crippen LogP contribution in [-0.2, 0) is 4.57 Å². The number of benzene rings is 3. The molecule has 0 spiro atoms. The monoisotopic (exact) mass is 461 g/mol. The van der Waals surface area contributed by atoms with Gasteiger partial charge in [0, 0.05) is 28.4 Å². The Labute approximate surface area is 190 Å². The van der Waals surface area contributed by atoms with Crippen molar-refractivity contribution < 1.29 is 4.57 Å². The SMILES string of the molecule is CN(c1cccc(-c2ccc(P(C)(C)=O)cc2)c1)c1nc2nncn2c2cc(Cl)ccc12. The van der Waals surface area contributed by atoms with Crippen LogP contribution in [0.5, 0.6) is 0 Å². The van der Waals surface area contributed by atoms with Gasteiger partial charge < -0.3 is 9.46 Å². The molecule has 0 aliphatic heterocycles. The first-order chi connectivity index (χ1) is 15.3. The summed E-state index contributed by atoms with van der Waals surface area (Å²) in [5, 5.41) is 10.6. The molecule has 0 radical (unpaired) electrons. The molecule has 0 atom stereocenters. The molecule has 0 saturated carbocycles. The van der Waals surface area contributed by atoms with E-state index in [0.29, 0.717) is 10.8 Å². The van der Waals surface area contributed by atoms with Crippen molar-refractivity contribution in [1.29, 1.82) is 0 Å². The van der Waals surface area contributed by atoms with Gasteiger partial charge in [-0.05, 0) is 54.8 Å². The third kappa shape index (κ3) is 3.66. The highest BCUT2D eigenvalue weighted by Crippen LogP contribution is 2.36. The fourth-order valence-electron chi connectivity index (χ4n) is 3.81. The second-order valence-corrected chi connectivity index (χ2v) is 11.8. The van der Waals surface area contributed by atoms with E-state index >= 15 is 0 Å². The number of aromatic nitrogens is 4. The Morgan fingerprint density at radius 3 is 2.50 bits per heavy atom. The van der Waals surface area contributed by atoms with Crippen LogP contribution >= 0.6 is 18.7 Å². The summed E-state index contributed by atoms with van der Waals surface area (Å²) in [4.78, 5) is 6.79. The molecular weight excluding hydrogens is 441 g/mol. The first kappa shape index (κ1) is 20.7. The Balaban J connectivity index is 1.59. The van der Waals surface area contributed by atoms with Gasteiger partial charge in [-0.3, -0.25) is 4.40 Å². The standard InChI is InChI=1S/C24H21ClN5OP/c1-29(23-21-12-9-18(25)14-22(21)30-15-26-28-24(30)27-23)19-6-4-5-17(13-19)16-7-10-20(11-8-16)32(2,3)31/h4-15H,1-3H3. The second-order valence-electron chi connectivity index (χ2n) is 8.10. The molecule has 2 aromatic heterocycles. The van der Waals surface area contributed by atoms with Crippen LogP contribution in [0.2, 0.25) is 5.02 Å². The molecule has 0 unspecified atom stereocenters. The zero-order valence-electron chi connectivity index (χ0n) is 17.9. The molecular formula is C24H21ClN5OP. The fourth-order valence-corrected chi connectivity index (χ4v) is 4.84. The molecule has 8 heteroatoms. The number of rotatable bonds is 4. The summed E-state index contributed by atoms with van der Waals surface area (Å²) < 4.78 is 14.2. The van der Waals surface area contributed by atoms with Gasteiger partial charge in [-0.15, -0.1) is 10.2 Å². The van der Waals surface area contributed by atoms with E-state index in [0.717, 1.165) is 38.8 Å². The van der Waals surface area contributed by atoms with E-state index in [1.165, 1.54) is 0 Å². The number of hydrogen-bond donors (Lipinski definition) is 0. The summed E-state index contributed by atoms with van der Waals surface area (Å²) in [7, 11) is -0.294. The molecule has 5 rings (SSSR count). The molecule has 160 valence electrons. The lowest BCUT2D eigenvalue weighted by molar-refractivity contribution is 0.588. The van der Waals surface area contributed by atoms with Gasteiger partial charge in [-0.25, -0.2) is 0 Å². The van der Waals surface area contributed by atoms with Crippen molar-refractivity contribution in [2.24, 2.45) is 0 Å². The third-order valence-electron chi connectivity index (χ3n) is 5.57. The maximum atomic E-state index is 12.3. The van der Waals surface area contributed by atoms with Crippen molar-refractivity contribution in [3.63, 3.8) is 0 Å². The van der Waals surface area contributed by atoms with Gasteiger partial charge >= 0.3 is 0 Å². The van der Waals surface area contributed by atoms with Gasteiger partial charge in [0.2, 0.25) is 0 Å². The lowest BCUT2D eigenvalue weighted by Crippen LogP contribution is -2.13. The van der Waals surface area contributed by atoms with E-state index in [1.54, 1.807) is 19.7 Å². The van der Waals surface area contributed by atoms with Crippen LogP contribution in [0.15, 0.2) is 73.1 Å². The summed E-state index contributed by atoms with van der Waals surface area (Å²) >= 11 is 6.26. The van der Waals surface area contributed by atoms with Crippen LogP contribution in [0.1, 0.15) is 0 Å². The lowest BCUT2D eigenvalue weighted by Gasteiger charge is -2.21. The molecule has 32 heavy (non-hydrogen) atoms. The van der Waals surface area contributed by atoms with Gasteiger partial charge in [-0.1, -0.05) is 48.0 Å². The average Bonchev–Trinajstić information content (AvgIpc) is 3.26. The molecule has 3 aromatic carbocycles. The van der Waals surface area contributed by atoms with Gasteiger partial charge in [-0.2, -0.15) is 4.98 Å². The highest BCUT2D eigenvalue weighted by Gasteiger charge is 2.16. The highest BCUT2D eigenvalue weighted by atomic mass is 35.5. The number of nitrogens with zero attached hydrogens (tertiary/aromatic N) is 5. The quantitative estimate of drug-likeness (QED) is 0.325. The molecule has 0 bridgehead atoms. The molecule has 6 nitrogen and oxygen atoms in total. The number of fused-ring (bicyclic) bond motifs is 3. The van der Waals surface area contributed by atoms with Crippen molar-refractivity contribution in [2.75, 3.05) is 25.3 Å². The highest BCUT2D eigenvalue weighted by molar-refractivity contribution is 7.70. The van der Waals surface area contributed by atoms with Gasteiger partial charge in [0.1, 0.15) is 19.3 Å². The first-order valence-electron chi connectivity index (χ1n) is 10.1. The summed E-state index contributed by atoms with van der Waals surface area (Å²) in [6.45, 7) is 3.57. The van der Waals surface area contributed by atoms with E-state index in [-0.39, 0.29) is 0 Å². The molecule has 5 aromatic rings. The van der Waals surface area contributed by atoms with Crippen LogP contribution < -0.4 is 10.2 Å². The van der Waals surface area contributed by atoms with E-state index in [4.69, 9.17) is 16.6 Å². The van der Waals surface area contributed by atoms with Crippen molar-refractivity contribution in [1.82, 2.24) is 19.6 Å². The summed E-state index contributed by atoms with van der Waals surface area (Å²) in [6, 6.07) is 21.9. The van der Waals surface area contributed by atoms with Gasteiger partial charge in [0.05, 0.1) is 5.52 Å². The van der Waals surface area contributed by atoms with E-state index in [9.17, 15) is 4.57 Å². The topological polar surface area (TPSA) is 63.4 Å². The Morgan fingerprint density at radius 1 is 0.969 bits per heavy atom. The van der Waals surface area contributed by atoms with Crippen molar-refractivity contribution in [3.8, 4) is 11.1 Å². The molecule has 0 amide bonds. The molecule has 0 saturated heterocycles. The van der Waals surface area contributed by atoms with Crippen LogP contribution in [0.3, 0.4) is 0 Å². The minimum absolute atomic E-state index is 0.511. The minimum Gasteiger partial charge on any atom is -0.329 e. The third-order valence-corrected chi connectivity index (χ3v) is 7.35. The molecule has 0 fully saturated rings. The molecule has 2 heterocycles. The van der Waals surface area contributed by atoms with Crippen LogP contribution in [0.4, 0.5) is 11.5 Å². The smallest absolute Gasteiger partial charge is 0.257 e. The maximum absolute atomic E-state index is 12.3. The zero-order valence-corrected chi connectivity index (χ0v) is 19.5.